The van der Waals surface area contributed by atoms with E-state index in [1.165, 1.54) is 0 Å². The van der Waals surface area contributed by atoms with Gasteiger partial charge < -0.3 is 0 Å². The van der Waals surface area contributed by atoms with Gasteiger partial charge in [-0.1, -0.05) is 46.3 Å². The summed E-state index contributed by atoms with van der Waals surface area (Å²) in [7, 11) is 0. The van der Waals surface area contributed by atoms with Gasteiger partial charge in [0.25, 0.3) is 5.56 Å². The van der Waals surface area contributed by atoms with Gasteiger partial charge in [-0.2, -0.15) is 10.2 Å². The predicted molar refractivity (Wildman–Crippen MR) is 87.7 cm³/mol. The third-order valence-electron chi connectivity index (χ3n) is 2.95. The van der Waals surface area contributed by atoms with E-state index in [0.717, 1.165) is 15.4 Å². The molecule has 3 rings (SSSR count). The minimum atomic E-state index is -0.215. The number of hydrogen-bond donors (Lipinski definition) is 2. The number of nitrogens with one attached hydrogen (secondary N) is 2. The quantitative estimate of drug-likeness (QED) is 0.567. The second kappa shape index (κ2) is 5.88. The molecule has 0 bridgehead atoms. The summed E-state index contributed by atoms with van der Waals surface area (Å²) < 4.78 is 1.01. The van der Waals surface area contributed by atoms with E-state index in [2.05, 4.69) is 36.7 Å². The molecular formula is C15H11BrN4O. The first kappa shape index (κ1) is 13.5. The number of H-pyrrole nitrogens is 1. The van der Waals surface area contributed by atoms with Gasteiger partial charge in [0.1, 0.15) is 0 Å². The molecule has 2 N–H and O–H groups in total. The highest BCUT2D eigenvalue weighted by molar-refractivity contribution is 9.10. The van der Waals surface area contributed by atoms with Gasteiger partial charge in [-0.3, -0.25) is 10.2 Å². The lowest BCUT2D eigenvalue weighted by molar-refractivity contribution is 1.00. The maximum Gasteiger partial charge on any atom is 0.272 e. The van der Waals surface area contributed by atoms with Crippen LogP contribution in [0.1, 0.15) is 5.56 Å². The Labute approximate surface area is 128 Å². The largest absolute Gasteiger partial charge is 0.272 e. The van der Waals surface area contributed by atoms with Gasteiger partial charge in [-0.05, 0) is 23.8 Å². The first-order valence-corrected chi connectivity index (χ1v) is 7.05. The zero-order chi connectivity index (χ0) is 14.7. The Bertz CT molecular complexity index is 855. The second-order valence-electron chi connectivity index (χ2n) is 4.37. The Morgan fingerprint density at radius 1 is 1.10 bits per heavy atom. The van der Waals surface area contributed by atoms with Crippen molar-refractivity contribution in [2.24, 2.45) is 5.10 Å². The SMILES string of the molecule is O=c1[nH]nc(N/N=C/c2ccc(Br)cc2)c2ccccc12. The summed E-state index contributed by atoms with van der Waals surface area (Å²) >= 11 is 3.38. The molecule has 2 aromatic carbocycles. The first-order chi connectivity index (χ1) is 10.2. The first-order valence-electron chi connectivity index (χ1n) is 6.26. The molecule has 0 aliphatic carbocycles. The van der Waals surface area contributed by atoms with E-state index >= 15 is 0 Å². The molecule has 0 unspecified atom stereocenters. The molecule has 5 nitrogen and oxygen atoms in total. The number of benzene rings is 2. The van der Waals surface area contributed by atoms with Crippen molar-refractivity contribution in [3.05, 3.63) is 68.9 Å². The van der Waals surface area contributed by atoms with Crippen LogP contribution in [0, 0.1) is 0 Å². The third-order valence-corrected chi connectivity index (χ3v) is 3.48. The van der Waals surface area contributed by atoms with E-state index in [1.807, 2.05) is 42.5 Å². The fourth-order valence-corrected chi connectivity index (χ4v) is 2.18. The molecule has 0 atom stereocenters. The number of hydrazone groups is 1. The van der Waals surface area contributed by atoms with E-state index in [9.17, 15) is 4.79 Å². The van der Waals surface area contributed by atoms with Crippen molar-refractivity contribution in [2.45, 2.75) is 0 Å². The summed E-state index contributed by atoms with van der Waals surface area (Å²) in [6.45, 7) is 0. The van der Waals surface area contributed by atoms with Gasteiger partial charge in [0.05, 0.1) is 11.6 Å². The van der Waals surface area contributed by atoms with Crippen molar-refractivity contribution in [3.8, 4) is 0 Å². The Hall–Kier alpha value is -2.47. The van der Waals surface area contributed by atoms with Crippen LogP contribution in [0.2, 0.25) is 0 Å². The van der Waals surface area contributed by atoms with E-state index in [4.69, 9.17) is 0 Å². The zero-order valence-corrected chi connectivity index (χ0v) is 12.5. The van der Waals surface area contributed by atoms with Crippen molar-refractivity contribution < 1.29 is 0 Å². The smallest absolute Gasteiger partial charge is 0.267 e. The normalized spacial score (nSPS) is 11.1. The molecule has 0 saturated heterocycles. The molecule has 0 radical (unpaired) electrons. The van der Waals surface area contributed by atoms with E-state index in [0.29, 0.717) is 11.2 Å². The van der Waals surface area contributed by atoms with Gasteiger partial charge in [-0.25, -0.2) is 5.10 Å². The van der Waals surface area contributed by atoms with Gasteiger partial charge in [-0.15, -0.1) is 0 Å². The molecule has 0 aliphatic heterocycles. The highest BCUT2D eigenvalue weighted by Gasteiger charge is 2.04. The molecule has 6 heteroatoms. The number of rotatable bonds is 3. The van der Waals surface area contributed by atoms with Crippen molar-refractivity contribution in [1.29, 1.82) is 0 Å². The summed E-state index contributed by atoms with van der Waals surface area (Å²) in [5.41, 5.74) is 3.60. The molecule has 21 heavy (non-hydrogen) atoms. The molecule has 0 saturated carbocycles. The minimum absolute atomic E-state index is 0.215. The monoisotopic (exact) mass is 342 g/mol. The number of halogens is 1. The van der Waals surface area contributed by atoms with Crippen LogP contribution < -0.4 is 11.0 Å². The van der Waals surface area contributed by atoms with Crippen molar-refractivity contribution >= 4 is 38.7 Å². The highest BCUT2D eigenvalue weighted by Crippen LogP contribution is 2.16. The zero-order valence-electron chi connectivity index (χ0n) is 10.9. The highest BCUT2D eigenvalue weighted by atomic mass is 79.9. The van der Waals surface area contributed by atoms with Crippen LogP contribution in [-0.2, 0) is 0 Å². The molecule has 0 aliphatic rings. The van der Waals surface area contributed by atoms with Gasteiger partial charge in [0.15, 0.2) is 5.82 Å². The Balaban J connectivity index is 1.87. The number of anilines is 1. The van der Waals surface area contributed by atoms with Crippen LogP contribution >= 0.6 is 15.9 Å². The molecule has 1 aromatic heterocycles. The van der Waals surface area contributed by atoms with Gasteiger partial charge in [0.2, 0.25) is 0 Å². The van der Waals surface area contributed by atoms with Gasteiger partial charge >= 0.3 is 0 Å². The van der Waals surface area contributed by atoms with Crippen molar-refractivity contribution in [2.75, 3.05) is 5.43 Å². The summed E-state index contributed by atoms with van der Waals surface area (Å²) in [6.07, 6.45) is 1.69. The predicted octanol–water partition coefficient (Wildman–Crippen LogP) is 3.13. The molecule has 3 aromatic rings. The Morgan fingerprint density at radius 3 is 2.57 bits per heavy atom. The summed E-state index contributed by atoms with van der Waals surface area (Å²) in [5, 5.41) is 11.9. The molecular weight excluding hydrogens is 332 g/mol. The van der Waals surface area contributed by atoms with Gasteiger partial charge in [0, 0.05) is 9.86 Å². The van der Waals surface area contributed by atoms with Crippen molar-refractivity contribution in [3.63, 3.8) is 0 Å². The van der Waals surface area contributed by atoms with E-state index < -0.39 is 0 Å². The van der Waals surface area contributed by atoms with Crippen LogP contribution in [0.4, 0.5) is 5.82 Å². The van der Waals surface area contributed by atoms with Crippen LogP contribution in [0.25, 0.3) is 10.8 Å². The molecule has 0 spiro atoms. The van der Waals surface area contributed by atoms with Crippen LogP contribution in [0.15, 0.2) is 62.9 Å². The summed E-state index contributed by atoms with van der Waals surface area (Å²) in [4.78, 5) is 11.7. The average Bonchev–Trinajstić information content (AvgIpc) is 2.52. The van der Waals surface area contributed by atoms with E-state index in [1.54, 1.807) is 12.3 Å². The lowest BCUT2D eigenvalue weighted by atomic mass is 10.2. The average molecular weight is 343 g/mol. The summed E-state index contributed by atoms with van der Waals surface area (Å²) in [6, 6.07) is 15.0. The van der Waals surface area contributed by atoms with Crippen LogP contribution in [-0.4, -0.2) is 16.4 Å². The maximum atomic E-state index is 11.7. The minimum Gasteiger partial charge on any atom is -0.267 e. The number of hydrogen-bond acceptors (Lipinski definition) is 4. The molecule has 104 valence electrons. The fraction of sp³-hybridized carbons (Fsp3) is 0. The fourth-order valence-electron chi connectivity index (χ4n) is 1.92. The van der Waals surface area contributed by atoms with Crippen LogP contribution in [0.3, 0.4) is 0 Å². The maximum absolute atomic E-state index is 11.7. The molecule has 1 heterocycles. The number of aromatic nitrogens is 2. The van der Waals surface area contributed by atoms with E-state index in [-0.39, 0.29) is 5.56 Å². The van der Waals surface area contributed by atoms with Crippen LogP contribution in [0.5, 0.6) is 0 Å². The lowest BCUT2D eigenvalue weighted by Crippen LogP contribution is -2.10. The topological polar surface area (TPSA) is 70.1 Å². The molecule has 0 amide bonds. The van der Waals surface area contributed by atoms with Crippen molar-refractivity contribution in [1.82, 2.24) is 10.2 Å². The third kappa shape index (κ3) is 3.00. The number of nitrogens with zero attached hydrogens (tertiary/aromatic N) is 2. The number of fused-ring (bicyclic) bond motifs is 1. The Morgan fingerprint density at radius 2 is 1.81 bits per heavy atom. The standard InChI is InChI=1S/C15H11BrN4O/c16-11-7-5-10(6-8-11)9-17-18-14-12-3-1-2-4-13(12)15(21)20-19-14/h1-9H,(H,18,19)(H,20,21)/b17-9+. The molecule has 0 fully saturated rings. The Kier molecular flexibility index (Phi) is 3.79. The summed E-state index contributed by atoms with van der Waals surface area (Å²) in [5.74, 6) is 0.513. The second-order valence-corrected chi connectivity index (χ2v) is 5.28. The number of aromatic amines is 1. The lowest BCUT2D eigenvalue weighted by Gasteiger charge is -2.03.